The van der Waals surface area contributed by atoms with Crippen molar-refractivity contribution in [2.45, 2.75) is 64.0 Å². The summed E-state index contributed by atoms with van der Waals surface area (Å²) in [6.45, 7) is 6.83. The lowest BCUT2D eigenvalue weighted by molar-refractivity contribution is 0.411. The monoisotopic (exact) mass is 254 g/mol. The average Bonchev–Trinajstić information content (AvgIpc) is 2.79. The molecule has 17 heavy (non-hydrogen) atoms. The van der Waals surface area contributed by atoms with Crippen molar-refractivity contribution in [2.24, 2.45) is 5.92 Å². The third-order valence-electron chi connectivity index (χ3n) is 3.59. The lowest BCUT2D eigenvalue weighted by Gasteiger charge is -2.29. The van der Waals surface area contributed by atoms with E-state index in [1.165, 1.54) is 37.8 Å². The van der Waals surface area contributed by atoms with E-state index < -0.39 is 0 Å². The van der Waals surface area contributed by atoms with Crippen molar-refractivity contribution in [3.8, 4) is 0 Å². The highest BCUT2D eigenvalue weighted by atomic mass is 32.1. The predicted octanol–water partition coefficient (Wildman–Crippen LogP) is 4.25. The number of nitrogens with zero attached hydrogens (tertiary/aromatic N) is 1. The fraction of sp³-hybridized carbons (Fsp3) is 0.786. The molecule has 0 saturated heterocycles. The van der Waals surface area contributed by atoms with Gasteiger partial charge in [-0.05, 0) is 25.2 Å². The summed E-state index contributed by atoms with van der Waals surface area (Å²) in [5.74, 6) is 0.806. The molecular weight excluding hydrogens is 228 g/mol. The Bertz CT molecular complexity index is 297. The van der Waals surface area contributed by atoms with Crippen LogP contribution in [0.2, 0.25) is 0 Å². The van der Waals surface area contributed by atoms with Gasteiger partial charge < -0.3 is 4.98 Å². The molecule has 1 aromatic heterocycles. The third kappa shape index (κ3) is 5.15. The minimum atomic E-state index is 0.130. The van der Waals surface area contributed by atoms with Crippen LogP contribution in [0, 0.1) is 5.92 Å². The van der Waals surface area contributed by atoms with Gasteiger partial charge in [-0.1, -0.05) is 33.6 Å². The zero-order valence-corrected chi connectivity index (χ0v) is 12.3. The SMILES string of the molecule is CCCC(S)(CCC(C)CC)Cc1cnc[nH]1. The molecule has 0 saturated carbocycles. The molecule has 0 radical (unpaired) electrons. The van der Waals surface area contributed by atoms with Crippen LogP contribution < -0.4 is 0 Å². The molecule has 2 nitrogen and oxygen atoms in total. The molecule has 0 bridgehead atoms. The van der Waals surface area contributed by atoms with Gasteiger partial charge in [0.15, 0.2) is 0 Å². The summed E-state index contributed by atoms with van der Waals surface area (Å²) < 4.78 is 0.130. The van der Waals surface area contributed by atoms with Crippen molar-refractivity contribution >= 4 is 12.6 Å². The first-order valence-electron chi connectivity index (χ1n) is 6.79. The Hall–Kier alpha value is -0.440. The second-order valence-electron chi connectivity index (χ2n) is 5.28. The van der Waals surface area contributed by atoms with Gasteiger partial charge in [-0.2, -0.15) is 12.6 Å². The van der Waals surface area contributed by atoms with Crippen LogP contribution in [0.15, 0.2) is 12.5 Å². The van der Waals surface area contributed by atoms with E-state index in [0.29, 0.717) is 0 Å². The molecule has 0 spiro atoms. The summed E-state index contributed by atoms with van der Waals surface area (Å²) in [7, 11) is 0. The van der Waals surface area contributed by atoms with Gasteiger partial charge >= 0.3 is 0 Å². The molecule has 0 amide bonds. The number of nitrogens with one attached hydrogen (secondary N) is 1. The summed E-state index contributed by atoms with van der Waals surface area (Å²) in [6, 6.07) is 0. The fourth-order valence-corrected chi connectivity index (χ4v) is 2.75. The van der Waals surface area contributed by atoms with E-state index in [2.05, 4.69) is 30.7 Å². The van der Waals surface area contributed by atoms with Crippen LogP contribution in [0.3, 0.4) is 0 Å². The maximum Gasteiger partial charge on any atom is 0.0921 e. The second-order valence-corrected chi connectivity index (χ2v) is 6.23. The van der Waals surface area contributed by atoms with Crippen LogP contribution in [-0.2, 0) is 6.42 Å². The summed E-state index contributed by atoms with van der Waals surface area (Å²) in [5, 5.41) is 0. The van der Waals surface area contributed by atoms with E-state index in [-0.39, 0.29) is 4.75 Å². The zero-order valence-electron chi connectivity index (χ0n) is 11.4. The minimum absolute atomic E-state index is 0.130. The molecule has 2 atom stereocenters. The first-order chi connectivity index (χ1) is 8.09. The van der Waals surface area contributed by atoms with Crippen LogP contribution in [-0.4, -0.2) is 14.7 Å². The zero-order chi connectivity index (χ0) is 12.7. The predicted molar refractivity (Wildman–Crippen MR) is 77.6 cm³/mol. The maximum absolute atomic E-state index is 4.95. The first kappa shape index (κ1) is 14.6. The topological polar surface area (TPSA) is 28.7 Å². The van der Waals surface area contributed by atoms with Gasteiger partial charge in [0.25, 0.3) is 0 Å². The lowest BCUT2D eigenvalue weighted by atomic mass is 9.88. The fourth-order valence-electron chi connectivity index (χ4n) is 2.22. The normalized spacial score (nSPS) is 16.7. The maximum atomic E-state index is 4.95. The van der Waals surface area contributed by atoms with Crippen LogP contribution in [0.4, 0.5) is 0 Å². The van der Waals surface area contributed by atoms with Gasteiger partial charge in [0.2, 0.25) is 0 Å². The van der Waals surface area contributed by atoms with Crippen molar-refractivity contribution in [2.75, 3.05) is 0 Å². The summed E-state index contributed by atoms with van der Waals surface area (Å²) >= 11 is 4.95. The van der Waals surface area contributed by atoms with Gasteiger partial charge in [-0.25, -0.2) is 4.98 Å². The van der Waals surface area contributed by atoms with Crippen LogP contribution >= 0.6 is 12.6 Å². The summed E-state index contributed by atoms with van der Waals surface area (Å²) in [5.41, 5.74) is 1.21. The van der Waals surface area contributed by atoms with Crippen LogP contribution in [0.25, 0.3) is 0 Å². The van der Waals surface area contributed by atoms with E-state index in [4.69, 9.17) is 12.6 Å². The van der Waals surface area contributed by atoms with Crippen molar-refractivity contribution in [1.29, 1.82) is 0 Å². The van der Waals surface area contributed by atoms with Gasteiger partial charge in [-0.15, -0.1) is 0 Å². The lowest BCUT2D eigenvalue weighted by Crippen LogP contribution is -2.25. The van der Waals surface area contributed by atoms with Crippen molar-refractivity contribution in [3.05, 3.63) is 18.2 Å². The molecule has 1 N–H and O–H groups in total. The smallest absolute Gasteiger partial charge is 0.0921 e. The van der Waals surface area contributed by atoms with E-state index in [9.17, 15) is 0 Å². The van der Waals surface area contributed by atoms with Crippen molar-refractivity contribution < 1.29 is 0 Å². The Balaban J connectivity index is 2.54. The molecular formula is C14H26N2S. The molecule has 0 fully saturated rings. The number of rotatable bonds is 8. The van der Waals surface area contributed by atoms with Gasteiger partial charge in [-0.3, -0.25) is 0 Å². The number of hydrogen-bond acceptors (Lipinski definition) is 2. The molecule has 0 aliphatic heterocycles. The third-order valence-corrected chi connectivity index (χ3v) is 4.19. The van der Waals surface area contributed by atoms with Gasteiger partial charge in [0.05, 0.1) is 6.33 Å². The largest absolute Gasteiger partial charge is 0.348 e. The first-order valence-corrected chi connectivity index (χ1v) is 7.24. The number of thiol groups is 1. The number of H-pyrrole nitrogens is 1. The Morgan fingerprint density at radius 2 is 2.18 bits per heavy atom. The van der Waals surface area contributed by atoms with Gasteiger partial charge in [0.1, 0.15) is 0 Å². The number of aromatic nitrogens is 2. The molecule has 98 valence electrons. The molecule has 1 aromatic rings. The molecule has 1 heterocycles. The Morgan fingerprint density at radius 3 is 2.71 bits per heavy atom. The van der Waals surface area contributed by atoms with Crippen LogP contribution in [0.5, 0.6) is 0 Å². The molecule has 0 aliphatic rings. The molecule has 0 aliphatic carbocycles. The van der Waals surface area contributed by atoms with E-state index in [0.717, 1.165) is 12.3 Å². The molecule has 3 heteroatoms. The summed E-state index contributed by atoms with van der Waals surface area (Å²) in [4.78, 5) is 7.28. The van der Waals surface area contributed by atoms with E-state index in [1.54, 1.807) is 6.33 Å². The number of hydrogen-bond donors (Lipinski definition) is 2. The Morgan fingerprint density at radius 1 is 1.41 bits per heavy atom. The summed E-state index contributed by atoms with van der Waals surface area (Å²) in [6.07, 6.45) is 10.8. The van der Waals surface area contributed by atoms with Gasteiger partial charge in [0, 0.05) is 23.1 Å². The minimum Gasteiger partial charge on any atom is -0.348 e. The van der Waals surface area contributed by atoms with E-state index >= 15 is 0 Å². The van der Waals surface area contributed by atoms with Crippen molar-refractivity contribution in [1.82, 2.24) is 9.97 Å². The van der Waals surface area contributed by atoms with Crippen molar-refractivity contribution in [3.63, 3.8) is 0 Å². The highest BCUT2D eigenvalue weighted by Crippen LogP contribution is 2.32. The molecule has 0 aromatic carbocycles. The Kier molecular flexibility index (Phi) is 6.10. The standard InChI is InChI=1S/C14H26N2S/c1-4-7-14(17,8-6-12(3)5-2)9-13-10-15-11-16-13/h10-12,17H,4-9H2,1-3H3,(H,15,16). The average molecular weight is 254 g/mol. The number of aromatic amines is 1. The van der Waals surface area contributed by atoms with E-state index in [1.807, 2.05) is 6.20 Å². The molecule has 2 unspecified atom stereocenters. The Labute approximate surface area is 111 Å². The second kappa shape index (κ2) is 7.10. The molecule has 1 rings (SSSR count). The highest BCUT2D eigenvalue weighted by Gasteiger charge is 2.25. The highest BCUT2D eigenvalue weighted by molar-refractivity contribution is 7.81. The number of imidazole rings is 1. The quantitative estimate of drug-likeness (QED) is 0.667. The van der Waals surface area contributed by atoms with Crippen LogP contribution in [0.1, 0.15) is 58.6 Å².